The zero-order valence-corrected chi connectivity index (χ0v) is 12.5. The number of aliphatic hydroxyl groups is 1. The van der Waals surface area contributed by atoms with Gasteiger partial charge < -0.3 is 15.6 Å². The summed E-state index contributed by atoms with van der Waals surface area (Å²) in [5.41, 5.74) is 6.44. The molecule has 1 atom stereocenters. The number of nitrogens with two attached hydrogens (primary N) is 1. The fourth-order valence-corrected chi connectivity index (χ4v) is 2.71. The van der Waals surface area contributed by atoms with E-state index in [2.05, 4.69) is 9.46 Å². The van der Waals surface area contributed by atoms with Crippen LogP contribution in [0.15, 0.2) is 17.0 Å². The van der Waals surface area contributed by atoms with Gasteiger partial charge in [-0.15, -0.1) is 0 Å². The Balaban J connectivity index is 2.92. The third-order valence-corrected chi connectivity index (χ3v) is 4.40. The highest BCUT2D eigenvalue weighted by Crippen LogP contribution is 2.25. The molecule has 4 N–H and O–H groups in total. The highest BCUT2D eigenvalue weighted by atomic mass is 35.5. The van der Waals surface area contributed by atoms with Gasteiger partial charge in [0.15, 0.2) is 6.10 Å². The number of halogens is 1. The van der Waals surface area contributed by atoms with Crippen molar-refractivity contribution in [2.45, 2.75) is 17.9 Å². The van der Waals surface area contributed by atoms with Crippen LogP contribution in [0, 0.1) is 6.92 Å². The van der Waals surface area contributed by atoms with Gasteiger partial charge in [0.25, 0.3) is 0 Å². The average Bonchev–Trinajstić information content (AvgIpc) is 2.40. The van der Waals surface area contributed by atoms with Crippen molar-refractivity contribution in [1.82, 2.24) is 4.72 Å². The summed E-state index contributed by atoms with van der Waals surface area (Å²) in [7, 11) is -2.86. The number of methoxy groups -OCH3 is 1. The van der Waals surface area contributed by atoms with Crippen molar-refractivity contribution < 1.29 is 23.1 Å². The lowest BCUT2D eigenvalue weighted by atomic mass is 10.2. The maximum Gasteiger partial charge on any atom is 0.336 e. The number of benzene rings is 1. The molecule has 112 valence electrons. The van der Waals surface area contributed by atoms with E-state index in [1.165, 1.54) is 12.1 Å². The largest absolute Gasteiger partial charge is 0.467 e. The Morgan fingerprint density at radius 3 is 2.65 bits per heavy atom. The zero-order valence-electron chi connectivity index (χ0n) is 10.9. The highest BCUT2D eigenvalue weighted by molar-refractivity contribution is 7.89. The van der Waals surface area contributed by atoms with Gasteiger partial charge in [0.2, 0.25) is 10.0 Å². The number of carbonyl (C=O) groups excluding carboxylic acids is 1. The molecule has 1 unspecified atom stereocenters. The SMILES string of the molecule is COC(=O)C(O)CNS(=O)(=O)c1cc(N)c(C)c(Cl)c1. The number of aliphatic hydroxyl groups excluding tert-OH is 1. The number of nitrogens with one attached hydrogen (secondary N) is 1. The maximum absolute atomic E-state index is 12.0. The van der Waals surface area contributed by atoms with Crippen molar-refractivity contribution >= 4 is 33.3 Å². The third-order valence-electron chi connectivity index (χ3n) is 2.61. The Morgan fingerprint density at radius 1 is 1.55 bits per heavy atom. The van der Waals surface area contributed by atoms with E-state index in [0.29, 0.717) is 5.56 Å². The van der Waals surface area contributed by atoms with Crippen LogP contribution < -0.4 is 10.5 Å². The van der Waals surface area contributed by atoms with Gasteiger partial charge in [0.05, 0.1) is 12.0 Å². The summed E-state index contributed by atoms with van der Waals surface area (Å²) in [6.07, 6.45) is -1.59. The molecule has 0 amide bonds. The third kappa shape index (κ3) is 3.83. The number of carbonyl (C=O) groups is 1. The van der Waals surface area contributed by atoms with E-state index in [1.54, 1.807) is 6.92 Å². The van der Waals surface area contributed by atoms with Crippen LogP contribution in [-0.2, 0) is 19.6 Å². The molecule has 20 heavy (non-hydrogen) atoms. The molecule has 0 aliphatic heterocycles. The average molecular weight is 323 g/mol. The molecular formula is C11H15ClN2O5S. The van der Waals surface area contributed by atoms with Crippen LogP contribution in [0.3, 0.4) is 0 Å². The van der Waals surface area contributed by atoms with Crippen molar-refractivity contribution in [1.29, 1.82) is 0 Å². The van der Waals surface area contributed by atoms with Crippen molar-refractivity contribution in [2.75, 3.05) is 19.4 Å². The van der Waals surface area contributed by atoms with Gasteiger partial charge in [-0.2, -0.15) is 0 Å². The minimum absolute atomic E-state index is 0.150. The Hall–Kier alpha value is -1.35. The molecule has 1 aromatic rings. The Morgan fingerprint density at radius 2 is 2.15 bits per heavy atom. The number of nitrogen functional groups attached to an aromatic ring is 1. The molecule has 0 saturated heterocycles. The lowest BCUT2D eigenvalue weighted by Crippen LogP contribution is -2.37. The molecular weight excluding hydrogens is 308 g/mol. The Bertz CT molecular complexity index is 594. The number of rotatable bonds is 5. The van der Waals surface area contributed by atoms with Gasteiger partial charge in [0, 0.05) is 17.3 Å². The minimum atomic E-state index is -3.94. The van der Waals surface area contributed by atoms with Crippen LogP contribution in [0.2, 0.25) is 5.02 Å². The van der Waals surface area contributed by atoms with Crippen molar-refractivity contribution in [3.63, 3.8) is 0 Å². The molecule has 0 heterocycles. The summed E-state index contributed by atoms with van der Waals surface area (Å²) in [5.74, 6) is -0.936. The van der Waals surface area contributed by atoms with Gasteiger partial charge in [-0.1, -0.05) is 11.6 Å². The second-order valence-electron chi connectivity index (χ2n) is 4.01. The molecule has 0 saturated carbocycles. The Kier molecular flexibility index (Phi) is 5.35. The van der Waals surface area contributed by atoms with E-state index in [1.807, 2.05) is 0 Å². The molecule has 1 aromatic carbocycles. The normalized spacial score (nSPS) is 13.0. The first-order chi connectivity index (χ1) is 9.19. The first-order valence-electron chi connectivity index (χ1n) is 5.50. The topological polar surface area (TPSA) is 119 Å². The molecule has 9 heteroatoms. The van der Waals surface area contributed by atoms with Crippen LogP contribution in [0.1, 0.15) is 5.56 Å². The molecule has 0 fully saturated rings. The van der Waals surface area contributed by atoms with E-state index in [0.717, 1.165) is 7.11 Å². The first kappa shape index (κ1) is 16.7. The van der Waals surface area contributed by atoms with Gasteiger partial charge >= 0.3 is 5.97 Å². The van der Waals surface area contributed by atoms with E-state index < -0.39 is 28.6 Å². The van der Waals surface area contributed by atoms with Gasteiger partial charge in [-0.05, 0) is 24.6 Å². The Labute approximate surface area is 121 Å². The fourth-order valence-electron chi connectivity index (χ4n) is 1.32. The minimum Gasteiger partial charge on any atom is -0.467 e. The molecule has 1 rings (SSSR count). The summed E-state index contributed by atoms with van der Waals surface area (Å²) in [6, 6.07) is 2.48. The van der Waals surface area contributed by atoms with Crippen molar-refractivity contribution in [3.8, 4) is 0 Å². The number of hydrogen-bond acceptors (Lipinski definition) is 6. The molecule has 7 nitrogen and oxygen atoms in total. The number of ether oxygens (including phenoxy) is 1. The number of sulfonamides is 1. The summed E-state index contributed by atoms with van der Waals surface area (Å²) < 4.78 is 30.3. The summed E-state index contributed by atoms with van der Waals surface area (Å²) in [6.45, 7) is 1.14. The molecule has 0 aliphatic rings. The van der Waals surface area contributed by atoms with E-state index in [9.17, 15) is 18.3 Å². The standard InChI is InChI=1S/C11H15ClN2O5S/c1-6-8(12)3-7(4-9(6)13)20(17,18)14-5-10(15)11(16)19-2/h3-4,10,14-15H,5,13H2,1-2H3. The van der Waals surface area contributed by atoms with Crippen LogP contribution >= 0.6 is 11.6 Å². The van der Waals surface area contributed by atoms with Gasteiger partial charge in [-0.3, -0.25) is 0 Å². The number of esters is 1. The molecule has 0 spiro atoms. The van der Waals surface area contributed by atoms with Gasteiger partial charge in [0.1, 0.15) is 0 Å². The molecule has 0 radical (unpaired) electrons. The van der Waals surface area contributed by atoms with Crippen LogP contribution in [0.5, 0.6) is 0 Å². The first-order valence-corrected chi connectivity index (χ1v) is 7.36. The second kappa shape index (κ2) is 6.40. The predicted molar refractivity (Wildman–Crippen MR) is 73.8 cm³/mol. The van der Waals surface area contributed by atoms with Crippen molar-refractivity contribution in [3.05, 3.63) is 22.7 Å². The zero-order chi connectivity index (χ0) is 15.5. The van der Waals surface area contributed by atoms with E-state index in [4.69, 9.17) is 17.3 Å². The van der Waals surface area contributed by atoms with Crippen LogP contribution in [0.4, 0.5) is 5.69 Å². The quantitative estimate of drug-likeness (QED) is 0.520. The number of hydrogen-bond donors (Lipinski definition) is 3. The van der Waals surface area contributed by atoms with E-state index in [-0.39, 0.29) is 15.6 Å². The fraction of sp³-hybridized carbons (Fsp3) is 0.364. The predicted octanol–water partition coefficient (Wildman–Crippen LogP) is 0.0428. The monoisotopic (exact) mass is 322 g/mol. The highest BCUT2D eigenvalue weighted by Gasteiger charge is 2.21. The smallest absolute Gasteiger partial charge is 0.336 e. The molecule has 0 bridgehead atoms. The summed E-state index contributed by atoms with van der Waals surface area (Å²) >= 11 is 5.87. The van der Waals surface area contributed by atoms with Crippen LogP contribution in [-0.4, -0.2) is 39.3 Å². The number of anilines is 1. The van der Waals surface area contributed by atoms with E-state index >= 15 is 0 Å². The van der Waals surface area contributed by atoms with Crippen molar-refractivity contribution in [2.24, 2.45) is 0 Å². The lowest BCUT2D eigenvalue weighted by molar-refractivity contribution is -0.149. The molecule has 0 aliphatic carbocycles. The summed E-state index contributed by atoms with van der Waals surface area (Å²) in [5, 5.41) is 9.54. The molecule has 0 aromatic heterocycles. The lowest BCUT2D eigenvalue weighted by Gasteiger charge is -2.12. The van der Waals surface area contributed by atoms with Gasteiger partial charge in [-0.25, -0.2) is 17.9 Å². The summed E-state index contributed by atoms with van der Waals surface area (Å²) in [4.78, 5) is 10.8. The second-order valence-corrected chi connectivity index (χ2v) is 6.18. The maximum atomic E-state index is 12.0. The van der Waals surface area contributed by atoms with Crippen LogP contribution in [0.25, 0.3) is 0 Å².